The lowest BCUT2D eigenvalue weighted by Crippen LogP contribution is -2.34. The maximum atomic E-state index is 12.6. The SMILES string of the molecule is COCCOc1ccc(NC2CC(=O)N(c3ccc(O)cc3)C2=O)cc1Cl. The molecule has 1 aliphatic rings. The molecule has 2 N–H and O–H groups in total. The molecule has 8 heteroatoms. The number of nitrogens with one attached hydrogen (secondary N) is 1. The second-order valence-electron chi connectivity index (χ2n) is 5.97. The number of amides is 2. The van der Waals surface area contributed by atoms with E-state index in [0.717, 1.165) is 4.90 Å². The minimum Gasteiger partial charge on any atom is -0.508 e. The van der Waals surface area contributed by atoms with Gasteiger partial charge in [0, 0.05) is 12.8 Å². The van der Waals surface area contributed by atoms with Gasteiger partial charge in [0.2, 0.25) is 5.91 Å². The van der Waals surface area contributed by atoms with Crippen molar-refractivity contribution in [3.8, 4) is 11.5 Å². The molecular weight excluding hydrogens is 372 g/mol. The van der Waals surface area contributed by atoms with Gasteiger partial charge in [-0.05, 0) is 42.5 Å². The Bertz CT molecular complexity index is 840. The van der Waals surface area contributed by atoms with Crippen LogP contribution in [0.25, 0.3) is 0 Å². The Balaban J connectivity index is 1.69. The molecule has 7 nitrogen and oxygen atoms in total. The molecule has 0 saturated carbocycles. The summed E-state index contributed by atoms with van der Waals surface area (Å²) in [5.41, 5.74) is 1.03. The Kier molecular flexibility index (Phi) is 5.83. The molecule has 1 fully saturated rings. The highest BCUT2D eigenvalue weighted by molar-refractivity contribution is 6.32. The van der Waals surface area contributed by atoms with Crippen LogP contribution >= 0.6 is 11.6 Å². The summed E-state index contributed by atoms with van der Waals surface area (Å²) >= 11 is 6.21. The average molecular weight is 391 g/mol. The van der Waals surface area contributed by atoms with Crippen LogP contribution in [0.5, 0.6) is 11.5 Å². The van der Waals surface area contributed by atoms with E-state index >= 15 is 0 Å². The average Bonchev–Trinajstić information content (AvgIpc) is 2.91. The van der Waals surface area contributed by atoms with Crippen molar-refractivity contribution < 1.29 is 24.2 Å². The number of rotatable bonds is 7. The molecule has 142 valence electrons. The highest BCUT2D eigenvalue weighted by atomic mass is 35.5. The largest absolute Gasteiger partial charge is 0.508 e. The molecule has 3 rings (SSSR count). The first-order valence-electron chi connectivity index (χ1n) is 8.33. The van der Waals surface area contributed by atoms with Crippen LogP contribution in [0.1, 0.15) is 6.42 Å². The number of anilines is 2. The summed E-state index contributed by atoms with van der Waals surface area (Å²) in [7, 11) is 1.58. The number of ether oxygens (including phenoxy) is 2. The van der Waals surface area contributed by atoms with Gasteiger partial charge in [-0.3, -0.25) is 9.59 Å². The zero-order valence-corrected chi connectivity index (χ0v) is 15.4. The van der Waals surface area contributed by atoms with Gasteiger partial charge < -0.3 is 19.9 Å². The molecule has 0 aromatic heterocycles. The molecule has 1 saturated heterocycles. The molecule has 0 radical (unpaired) electrons. The van der Waals surface area contributed by atoms with Crippen LogP contribution in [0.3, 0.4) is 0 Å². The minimum atomic E-state index is -0.692. The van der Waals surface area contributed by atoms with E-state index in [2.05, 4.69) is 5.32 Å². The number of hydrogen-bond acceptors (Lipinski definition) is 6. The van der Waals surface area contributed by atoms with Crippen LogP contribution < -0.4 is 15.0 Å². The van der Waals surface area contributed by atoms with E-state index in [9.17, 15) is 14.7 Å². The number of imide groups is 1. The van der Waals surface area contributed by atoms with E-state index in [-0.39, 0.29) is 24.0 Å². The molecule has 2 aromatic carbocycles. The van der Waals surface area contributed by atoms with Crippen molar-refractivity contribution in [2.45, 2.75) is 12.5 Å². The molecule has 1 unspecified atom stereocenters. The number of hydrogen-bond donors (Lipinski definition) is 2. The van der Waals surface area contributed by atoms with Gasteiger partial charge in [0.05, 0.1) is 23.7 Å². The number of nitrogens with zero attached hydrogens (tertiary/aromatic N) is 1. The number of phenols is 1. The minimum absolute atomic E-state index is 0.0312. The molecule has 2 amide bonds. The zero-order chi connectivity index (χ0) is 19.4. The summed E-state index contributed by atoms with van der Waals surface area (Å²) in [5, 5.41) is 12.8. The number of benzene rings is 2. The van der Waals surface area contributed by atoms with Gasteiger partial charge in [0.25, 0.3) is 5.91 Å². The van der Waals surface area contributed by atoms with E-state index in [1.165, 1.54) is 24.3 Å². The first kappa shape index (κ1) is 19.0. The Morgan fingerprint density at radius 3 is 2.59 bits per heavy atom. The monoisotopic (exact) mass is 390 g/mol. The van der Waals surface area contributed by atoms with E-state index in [1.54, 1.807) is 25.3 Å². The van der Waals surface area contributed by atoms with Crippen molar-refractivity contribution in [1.29, 1.82) is 0 Å². The molecule has 0 aliphatic carbocycles. The fourth-order valence-corrected chi connectivity index (χ4v) is 3.00. The predicted octanol–water partition coefficient (Wildman–Crippen LogP) is 2.81. The van der Waals surface area contributed by atoms with Gasteiger partial charge in [-0.25, -0.2) is 4.90 Å². The maximum absolute atomic E-state index is 12.6. The molecular formula is C19H19ClN2O5. The summed E-state index contributed by atoms with van der Waals surface area (Å²) in [5.74, 6) is -0.0928. The van der Waals surface area contributed by atoms with Gasteiger partial charge in [-0.2, -0.15) is 0 Å². The molecule has 27 heavy (non-hydrogen) atoms. The van der Waals surface area contributed by atoms with Gasteiger partial charge >= 0.3 is 0 Å². The van der Waals surface area contributed by atoms with Crippen molar-refractivity contribution in [3.63, 3.8) is 0 Å². The van der Waals surface area contributed by atoms with Gasteiger partial charge in [-0.1, -0.05) is 11.6 Å². The third-order valence-electron chi connectivity index (χ3n) is 4.07. The summed E-state index contributed by atoms with van der Waals surface area (Å²) in [6, 6.07) is 10.3. The van der Waals surface area contributed by atoms with E-state index in [1.807, 2.05) is 0 Å². The smallest absolute Gasteiger partial charge is 0.256 e. The summed E-state index contributed by atoms with van der Waals surface area (Å²) in [4.78, 5) is 26.0. The topological polar surface area (TPSA) is 88.1 Å². The quantitative estimate of drug-likeness (QED) is 0.558. The standard InChI is InChI=1S/C19H19ClN2O5/c1-26-8-9-27-17-7-2-12(10-15(17)20)21-16-11-18(24)22(19(16)25)13-3-5-14(23)6-4-13/h2-7,10,16,21,23H,8-9,11H2,1H3. The zero-order valence-electron chi connectivity index (χ0n) is 14.6. The normalized spacial score (nSPS) is 16.7. The van der Waals surface area contributed by atoms with E-state index in [0.29, 0.717) is 35.4 Å². The fourth-order valence-electron chi connectivity index (χ4n) is 2.76. The fraction of sp³-hybridized carbons (Fsp3) is 0.263. The molecule has 0 spiro atoms. The lowest BCUT2D eigenvalue weighted by Gasteiger charge is -2.16. The van der Waals surface area contributed by atoms with Gasteiger partial charge in [0.1, 0.15) is 24.1 Å². The van der Waals surface area contributed by atoms with Gasteiger partial charge in [0.15, 0.2) is 0 Å². The third kappa shape index (κ3) is 4.32. The van der Waals surface area contributed by atoms with Crippen LogP contribution in [-0.4, -0.2) is 43.3 Å². The Hall–Kier alpha value is -2.77. The van der Waals surface area contributed by atoms with E-state index < -0.39 is 6.04 Å². The highest BCUT2D eigenvalue weighted by Gasteiger charge is 2.39. The van der Waals surface area contributed by atoms with Crippen molar-refractivity contribution in [1.82, 2.24) is 0 Å². The number of methoxy groups -OCH3 is 1. The van der Waals surface area contributed by atoms with Crippen molar-refractivity contribution in [3.05, 3.63) is 47.5 Å². The predicted molar refractivity (Wildman–Crippen MR) is 101 cm³/mol. The number of carbonyl (C=O) groups excluding carboxylic acids is 2. The van der Waals surface area contributed by atoms with Crippen LogP contribution in [0, 0.1) is 0 Å². The van der Waals surface area contributed by atoms with Crippen LogP contribution in [0.2, 0.25) is 5.02 Å². The number of aromatic hydroxyl groups is 1. The molecule has 0 bridgehead atoms. The van der Waals surface area contributed by atoms with Crippen LogP contribution in [-0.2, 0) is 14.3 Å². The second kappa shape index (κ2) is 8.28. The summed E-state index contributed by atoms with van der Waals surface area (Å²) < 4.78 is 10.4. The van der Waals surface area contributed by atoms with Crippen LogP contribution in [0.4, 0.5) is 11.4 Å². The van der Waals surface area contributed by atoms with Crippen LogP contribution in [0.15, 0.2) is 42.5 Å². The third-order valence-corrected chi connectivity index (χ3v) is 4.37. The first-order valence-corrected chi connectivity index (χ1v) is 8.71. The highest BCUT2D eigenvalue weighted by Crippen LogP contribution is 2.30. The van der Waals surface area contributed by atoms with Crippen molar-refractivity contribution in [2.24, 2.45) is 0 Å². The van der Waals surface area contributed by atoms with Crippen molar-refractivity contribution >= 4 is 34.8 Å². The summed E-state index contributed by atoms with van der Waals surface area (Å²) in [6.07, 6.45) is 0.0312. The Labute approximate surface area is 161 Å². The lowest BCUT2D eigenvalue weighted by atomic mass is 10.2. The number of halogens is 1. The lowest BCUT2D eigenvalue weighted by molar-refractivity contribution is -0.121. The number of phenolic OH excluding ortho intramolecular Hbond substituents is 1. The maximum Gasteiger partial charge on any atom is 0.256 e. The Morgan fingerprint density at radius 1 is 1.19 bits per heavy atom. The molecule has 1 heterocycles. The first-order chi connectivity index (χ1) is 13.0. The molecule has 1 aliphatic heterocycles. The number of carbonyl (C=O) groups is 2. The molecule has 1 atom stereocenters. The summed E-state index contributed by atoms with van der Waals surface area (Å²) in [6.45, 7) is 0.822. The van der Waals surface area contributed by atoms with Crippen molar-refractivity contribution in [2.75, 3.05) is 30.5 Å². The van der Waals surface area contributed by atoms with E-state index in [4.69, 9.17) is 21.1 Å². The van der Waals surface area contributed by atoms with Gasteiger partial charge in [-0.15, -0.1) is 0 Å². The Morgan fingerprint density at radius 2 is 1.93 bits per heavy atom. The second-order valence-corrected chi connectivity index (χ2v) is 6.38. The molecule has 2 aromatic rings.